The number of halogens is 2. The summed E-state index contributed by atoms with van der Waals surface area (Å²) in [6.07, 6.45) is 1.99. The second-order valence-electron chi connectivity index (χ2n) is 7.43. The van der Waals surface area contributed by atoms with E-state index in [-0.39, 0.29) is 24.5 Å². The van der Waals surface area contributed by atoms with Crippen molar-refractivity contribution in [1.82, 2.24) is 10.2 Å². The van der Waals surface area contributed by atoms with Crippen molar-refractivity contribution in [2.24, 2.45) is 0 Å². The molecular formula is C24H30BrClN2O3. The molecule has 0 saturated carbocycles. The van der Waals surface area contributed by atoms with Gasteiger partial charge in [-0.3, -0.25) is 9.59 Å². The highest BCUT2D eigenvalue weighted by Crippen LogP contribution is 2.27. The molecule has 0 aromatic heterocycles. The van der Waals surface area contributed by atoms with Gasteiger partial charge in [0.25, 0.3) is 5.91 Å². The van der Waals surface area contributed by atoms with Gasteiger partial charge >= 0.3 is 0 Å². The zero-order valence-electron chi connectivity index (χ0n) is 18.2. The summed E-state index contributed by atoms with van der Waals surface area (Å²) in [6, 6.07) is 14.6. The van der Waals surface area contributed by atoms with E-state index in [4.69, 9.17) is 16.3 Å². The molecule has 2 rings (SSSR count). The van der Waals surface area contributed by atoms with E-state index in [1.54, 1.807) is 23.1 Å². The standard InChI is InChI=1S/C24H30BrClN2O3/c1-4-17(3)27-24(30)21(5-2)28(14-13-18-9-7-6-8-10-18)23(29)16-31-22-12-11-19(25)15-20(22)26/h6-12,15,17,21H,4-5,13-14,16H2,1-3H3,(H,27,30)/t17-,21-/m1/s1. The van der Waals surface area contributed by atoms with Crippen LogP contribution in [0.3, 0.4) is 0 Å². The van der Waals surface area contributed by atoms with Crippen LogP contribution in [0.4, 0.5) is 0 Å². The van der Waals surface area contributed by atoms with Crippen LogP contribution in [0.1, 0.15) is 39.2 Å². The van der Waals surface area contributed by atoms with Crippen LogP contribution in [0.2, 0.25) is 5.02 Å². The van der Waals surface area contributed by atoms with Crippen molar-refractivity contribution in [3.8, 4) is 5.75 Å². The molecule has 0 heterocycles. The largest absolute Gasteiger partial charge is 0.482 e. The Morgan fingerprint density at radius 3 is 2.45 bits per heavy atom. The number of nitrogens with zero attached hydrogens (tertiary/aromatic N) is 1. The van der Waals surface area contributed by atoms with Gasteiger partial charge in [0.2, 0.25) is 5.91 Å². The summed E-state index contributed by atoms with van der Waals surface area (Å²) in [5.41, 5.74) is 1.11. The number of rotatable bonds is 11. The van der Waals surface area contributed by atoms with Crippen molar-refractivity contribution in [1.29, 1.82) is 0 Å². The maximum Gasteiger partial charge on any atom is 0.261 e. The summed E-state index contributed by atoms with van der Waals surface area (Å²) in [6.45, 7) is 6.12. The summed E-state index contributed by atoms with van der Waals surface area (Å²) >= 11 is 9.56. The molecule has 0 radical (unpaired) electrons. The van der Waals surface area contributed by atoms with Crippen LogP contribution in [-0.4, -0.2) is 41.9 Å². The quantitative estimate of drug-likeness (QED) is 0.450. The molecule has 2 atom stereocenters. The Balaban J connectivity index is 2.15. The highest BCUT2D eigenvalue weighted by atomic mass is 79.9. The van der Waals surface area contributed by atoms with Crippen molar-refractivity contribution in [2.75, 3.05) is 13.2 Å². The second kappa shape index (κ2) is 12.7. The van der Waals surface area contributed by atoms with Crippen LogP contribution in [-0.2, 0) is 16.0 Å². The highest BCUT2D eigenvalue weighted by molar-refractivity contribution is 9.10. The smallest absolute Gasteiger partial charge is 0.261 e. The van der Waals surface area contributed by atoms with Gasteiger partial charge in [-0.15, -0.1) is 0 Å². The highest BCUT2D eigenvalue weighted by Gasteiger charge is 2.29. The Morgan fingerprint density at radius 1 is 1.13 bits per heavy atom. The van der Waals surface area contributed by atoms with Gasteiger partial charge in [-0.1, -0.05) is 71.7 Å². The van der Waals surface area contributed by atoms with E-state index < -0.39 is 6.04 Å². The summed E-state index contributed by atoms with van der Waals surface area (Å²) in [5.74, 6) is 0.0411. The maximum absolute atomic E-state index is 13.1. The molecule has 0 aliphatic heterocycles. The topological polar surface area (TPSA) is 58.6 Å². The normalized spacial score (nSPS) is 12.7. The minimum Gasteiger partial charge on any atom is -0.482 e. The molecule has 2 aromatic carbocycles. The first-order chi connectivity index (χ1) is 14.8. The summed E-state index contributed by atoms with van der Waals surface area (Å²) in [5, 5.41) is 3.42. The molecule has 0 unspecified atom stereocenters. The maximum atomic E-state index is 13.1. The zero-order chi connectivity index (χ0) is 22.8. The van der Waals surface area contributed by atoms with Gasteiger partial charge in [0.1, 0.15) is 11.8 Å². The second-order valence-corrected chi connectivity index (χ2v) is 8.75. The first-order valence-corrected chi connectivity index (χ1v) is 11.7. The molecule has 5 nitrogen and oxygen atoms in total. The molecule has 0 aliphatic carbocycles. The number of hydrogen-bond acceptors (Lipinski definition) is 3. The van der Waals surface area contributed by atoms with Gasteiger partial charge in [0.05, 0.1) is 5.02 Å². The Morgan fingerprint density at radius 2 is 1.84 bits per heavy atom. The first-order valence-electron chi connectivity index (χ1n) is 10.6. The van der Waals surface area contributed by atoms with E-state index in [9.17, 15) is 9.59 Å². The minimum absolute atomic E-state index is 0.0467. The van der Waals surface area contributed by atoms with Crippen LogP contribution in [0.5, 0.6) is 5.75 Å². The van der Waals surface area contributed by atoms with Gasteiger partial charge in [-0.2, -0.15) is 0 Å². The number of benzene rings is 2. The van der Waals surface area contributed by atoms with Gasteiger partial charge in [0.15, 0.2) is 6.61 Å². The predicted molar refractivity (Wildman–Crippen MR) is 128 cm³/mol. The van der Waals surface area contributed by atoms with Gasteiger partial charge in [0, 0.05) is 17.1 Å². The van der Waals surface area contributed by atoms with E-state index in [1.165, 1.54) is 0 Å². The fraction of sp³-hybridized carbons (Fsp3) is 0.417. The average molecular weight is 510 g/mol. The number of amides is 2. The summed E-state index contributed by atoms with van der Waals surface area (Å²) in [7, 11) is 0. The van der Waals surface area contributed by atoms with Gasteiger partial charge in [-0.05, 0) is 49.9 Å². The fourth-order valence-corrected chi connectivity index (χ4v) is 3.88. The third kappa shape index (κ3) is 7.86. The predicted octanol–water partition coefficient (Wildman–Crippen LogP) is 5.25. The van der Waals surface area contributed by atoms with Crippen molar-refractivity contribution in [3.63, 3.8) is 0 Å². The number of carbonyl (C=O) groups is 2. The Hall–Kier alpha value is -2.05. The van der Waals surface area contributed by atoms with Gasteiger partial charge in [-0.25, -0.2) is 0 Å². The number of ether oxygens (including phenoxy) is 1. The zero-order valence-corrected chi connectivity index (χ0v) is 20.6. The van der Waals surface area contributed by atoms with E-state index in [2.05, 4.69) is 21.2 Å². The Kier molecular flexibility index (Phi) is 10.3. The SMILES string of the molecule is CC[C@@H](C)NC(=O)[C@@H](CC)N(CCc1ccccc1)C(=O)COc1ccc(Br)cc1Cl. The Labute approximate surface area is 198 Å². The fourth-order valence-electron chi connectivity index (χ4n) is 3.15. The van der Waals surface area contributed by atoms with Crippen LogP contribution in [0.15, 0.2) is 53.0 Å². The first kappa shape index (κ1) is 25.2. The molecule has 2 aromatic rings. The molecule has 0 spiro atoms. The van der Waals surface area contributed by atoms with E-state index >= 15 is 0 Å². The Bertz CT molecular complexity index is 863. The molecule has 7 heteroatoms. The lowest BCUT2D eigenvalue weighted by atomic mass is 10.1. The number of nitrogens with one attached hydrogen (secondary N) is 1. The lowest BCUT2D eigenvalue weighted by Crippen LogP contribution is -2.52. The van der Waals surface area contributed by atoms with Crippen LogP contribution in [0, 0.1) is 0 Å². The van der Waals surface area contributed by atoms with E-state index in [0.717, 1.165) is 16.5 Å². The third-order valence-corrected chi connectivity index (χ3v) is 5.90. The molecule has 1 N–H and O–H groups in total. The number of hydrogen-bond donors (Lipinski definition) is 1. The molecule has 2 amide bonds. The monoisotopic (exact) mass is 508 g/mol. The molecule has 0 bridgehead atoms. The minimum atomic E-state index is -0.561. The van der Waals surface area contributed by atoms with Crippen LogP contribution < -0.4 is 10.1 Å². The van der Waals surface area contributed by atoms with Crippen LogP contribution >= 0.6 is 27.5 Å². The van der Waals surface area contributed by atoms with E-state index in [1.807, 2.05) is 51.1 Å². The molecule has 0 fully saturated rings. The van der Waals surface area contributed by atoms with Crippen LogP contribution in [0.25, 0.3) is 0 Å². The van der Waals surface area contributed by atoms with Crippen molar-refractivity contribution >= 4 is 39.3 Å². The lowest BCUT2D eigenvalue weighted by molar-refractivity contribution is -0.142. The number of carbonyl (C=O) groups excluding carboxylic acids is 2. The van der Waals surface area contributed by atoms with Gasteiger partial charge < -0.3 is 15.0 Å². The lowest BCUT2D eigenvalue weighted by Gasteiger charge is -2.31. The third-order valence-electron chi connectivity index (χ3n) is 5.12. The molecule has 31 heavy (non-hydrogen) atoms. The van der Waals surface area contributed by atoms with Crippen molar-refractivity contribution in [3.05, 3.63) is 63.6 Å². The van der Waals surface area contributed by atoms with Crippen molar-refractivity contribution in [2.45, 2.75) is 52.1 Å². The summed E-state index contributed by atoms with van der Waals surface area (Å²) < 4.78 is 6.51. The van der Waals surface area contributed by atoms with Crippen molar-refractivity contribution < 1.29 is 14.3 Å². The molecule has 0 saturated heterocycles. The molecule has 168 valence electrons. The molecule has 0 aliphatic rings. The molecular weight excluding hydrogens is 480 g/mol. The summed E-state index contributed by atoms with van der Waals surface area (Å²) in [4.78, 5) is 27.7. The average Bonchev–Trinajstić information content (AvgIpc) is 2.76. The van der Waals surface area contributed by atoms with E-state index in [0.29, 0.717) is 30.2 Å².